The number of ether oxygens (including phenoxy) is 1. The first-order valence-corrected chi connectivity index (χ1v) is 5.15. The average molecular weight is 223 g/mol. The molecule has 0 radical (unpaired) electrons. The van der Waals surface area contributed by atoms with Gasteiger partial charge in [-0.3, -0.25) is 0 Å². The predicted octanol–water partition coefficient (Wildman–Crippen LogP) is 1.95. The number of hydrogen-bond acceptors (Lipinski definition) is 4. The van der Waals surface area contributed by atoms with Crippen molar-refractivity contribution in [3.63, 3.8) is 0 Å². The van der Waals surface area contributed by atoms with Gasteiger partial charge in [-0.1, -0.05) is 16.8 Å². The van der Waals surface area contributed by atoms with E-state index in [-0.39, 0.29) is 6.61 Å². The van der Waals surface area contributed by atoms with Gasteiger partial charge in [0.05, 0.1) is 11.8 Å². The Morgan fingerprint density at radius 2 is 2.19 bits per heavy atom. The van der Waals surface area contributed by atoms with E-state index in [0.29, 0.717) is 11.5 Å². The fourth-order valence-electron chi connectivity index (χ4n) is 1.32. The minimum absolute atomic E-state index is 0.217. The number of benzene rings is 1. The lowest BCUT2D eigenvalue weighted by molar-refractivity contribution is 0.122. The minimum Gasteiger partial charge on any atom is -0.490 e. The van der Waals surface area contributed by atoms with Gasteiger partial charge in [-0.2, -0.15) is 0 Å². The summed E-state index contributed by atoms with van der Waals surface area (Å²) in [5.41, 5.74) is 2.29. The molecule has 0 aliphatic carbocycles. The summed E-state index contributed by atoms with van der Waals surface area (Å²) in [4.78, 5) is 0. The molecular formula is C12H17NO3. The summed E-state index contributed by atoms with van der Waals surface area (Å²) < 4.78 is 5.43. The maximum Gasteiger partial charge on any atom is 0.128 e. The maximum atomic E-state index is 9.15. The lowest BCUT2D eigenvalue weighted by Crippen LogP contribution is -2.14. The second-order valence-electron chi connectivity index (χ2n) is 3.85. The van der Waals surface area contributed by atoms with Crippen LogP contribution in [0.15, 0.2) is 23.4 Å². The molecular weight excluding hydrogens is 206 g/mol. The van der Waals surface area contributed by atoms with Gasteiger partial charge in [0, 0.05) is 5.56 Å². The highest BCUT2D eigenvalue weighted by Gasteiger charge is 2.08. The van der Waals surface area contributed by atoms with E-state index in [9.17, 15) is 0 Å². The first-order chi connectivity index (χ1) is 7.54. The van der Waals surface area contributed by atoms with Crippen LogP contribution in [0.3, 0.4) is 0 Å². The summed E-state index contributed by atoms with van der Waals surface area (Å²) in [6, 6.07) is 5.60. The highest BCUT2D eigenvalue weighted by molar-refractivity contribution is 6.00. The van der Waals surface area contributed by atoms with Gasteiger partial charge in [0.15, 0.2) is 0 Å². The molecule has 88 valence electrons. The molecule has 0 aromatic heterocycles. The molecule has 0 saturated carbocycles. The molecule has 2 N–H and O–H groups in total. The molecule has 0 heterocycles. The van der Waals surface area contributed by atoms with Crippen LogP contribution in [0.4, 0.5) is 0 Å². The summed E-state index contributed by atoms with van der Waals surface area (Å²) >= 11 is 0. The number of oxime groups is 1. The highest BCUT2D eigenvalue weighted by Crippen LogP contribution is 2.21. The molecule has 0 fully saturated rings. The fraction of sp³-hybridized carbons (Fsp3) is 0.417. The first kappa shape index (κ1) is 12.5. The Bertz CT molecular complexity index is 386. The molecule has 0 spiro atoms. The molecule has 0 bridgehead atoms. The van der Waals surface area contributed by atoms with Gasteiger partial charge in [-0.15, -0.1) is 0 Å². The lowest BCUT2D eigenvalue weighted by Gasteiger charge is -2.12. The molecule has 4 nitrogen and oxygen atoms in total. The van der Waals surface area contributed by atoms with Gasteiger partial charge < -0.3 is 15.1 Å². The Morgan fingerprint density at radius 3 is 2.75 bits per heavy atom. The molecule has 1 rings (SSSR count). The van der Waals surface area contributed by atoms with Crippen LogP contribution in [-0.4, -0.2) is 28.7 Å². The van der Waals surface area contributed by atoms with Gasteiger partial charge in [-0.05, 0) is 32.9 Å². The number of rotatable bonds is 4. The van der Waals surface area contributed by atoms with E-state index in [4.69, 9.17) is 15.1 Å². The van der Waals surface area contributed by atoms with E-state index < -0.39 is 6.10 Å². The van der Waals surface area contributed by atoms with E-state index >= 15 is 0 Å². The fourth-order valence-corrected chi connectivity index (χ4v) is 1.32. The summed E-state index contributed by atoms with van der Waals surface area (Å²) in [6.45, 7) is 5.52. The third kappa shape index (κ3) is 3.24. The second kappa shape index (κ2) is 5.51. The summed E-state index contributed by atoms with van der Waals surface area (Å²) in [6.07, 6.45) is -0.527. The van der Waals surface area contributed by atoms with Crippen molar-refractivity contribution in [1.29, 1.82) is 0 Å². The van der Waals surface area contributed by atoms with Crippen molar-refractivity contribution in [1.82, 2.24) is 0 Å². The zero-order chi connectivity index (χ0) is 12.1. The van der Waals surface area contributed by atoms with Crippen molar-refractivity contribution in [2.45, 2.75) is 26.9 Å². The SMILES string of the molecule is C/C(=N\O)c1cc(C)ccc1OCC(C)O. The highest BCUT2D eigenvalue weighted by atomic mass is 16.5. The smallest absolute Gasteiger partial charge is 0.128 e. The zero-order valence-electron chi connectivity index (χ0n) is 9.77. The van der Waals surface area contributed by atoms with Gasteiger partial charge >= 0.3 is 0 Å². The van der Waals surface area contributed by atoms with Crippen molar-refractivity contribution in [2.75, 3.05) is 6.61 Å². The van der Waals surface area contributed by atoms with Gasteiger partial charge in [0.1, 0.15) is 12.4 Å². The van der Waals surface area contributed by atoms with Crippen LogP contribution in [0.2, 0.25) is 0 Å². The van der Waals surface area contributed by atoms with Crippen LogP contribution in [0.1, 0.15) is 25.0 Å². The monoisotopic (exact) mass is 223 g/mol. The average Bonchev–Trinajstić information content (AvgIpc) is 2.26. The molecule has 1 aromatic carbocycles. The van der Waals surface area contributed by atoms with Crippen molar-refractivity contribution >= 4 is 5.71 Å². The Balaban J connectivity index is 2.98. The number of aliphatic hydroxyl groups excluding tert-OH is 1. The van der Waals surface area contributed by atoms with E-state index in [1.165, 1.54) is 0 Å². The van der Waals surface area contributed by atoms with Gasteiger partial charge in [0.25, 0.3) is 0 Å². The Labute approximate surface area is 95.2 Å². The third-order valence-electron chi connectivity index (χ3n) is 2.15. The maximum absolute atomic E-state index is 9.15. The van der Waals surface area contributed by atoms with Crippen molar-refractivity contribution in [2.24, 2.45) is 5.16 Å². The molecule has 1 aromatic rings. The number of hydrogen-bond donors (Lipinski definition) is 2. The van der Waals surface area contributed by atoms with E-state index in [0.717, 1.165) is 11.1 Å². The number of aliphatic hydroxyl groups is 1. The summed E-state index contributed by atoms with van der Waals surface area (Å²) in [5.74, 6) is 0.613. The Hall–Kier alpha value is -1.55. The molecule has 4 heteroatoms. The van der Waals surface area contributed by atoms with E-state index in [1.54, 1.807) is 13.8 Å². The van der Waals surface area contributed by atoms with Crippen LogP contribution in [0.25, 0.3) is 0 Å². The number of aryl methyl sites for hydroxylation is 1. The van der Waals surface area contributed by atoms with Gasteiger partial charge in [-0.25, -0.2) is 0 Å². The first-order valence-electron chi connectivity index (χ1n) is 5.15. The van der Waals surface area contributed by atoms with Crippen molar-refractivity contribution < 1.29 is 15.1 Å². The third-order valence-corrected chi connectivity index (χ3v) is 2.15. The number of nitrogens with zero attached hydrogens (tertiary/aromatic N) is 1. The Morgan fingerprint density at radius 1 is 1.50 bits per heavy atom. The second-order valence-corrected chi connectivity index (χ2v) is 3.85. The standard InChI is InChI=1S/C12H17NO3/c1-8-4-5-12(16-7-9(2)14)11(6-8)10(3)13-15/h4-6,9,14-15H,7H2,1-3H3/b13-10+. The van der Waals surface area contributed by atoms with Crippen LogP contribution < -0.4 is 4.74 Å². The van der Waals surface area contributed by atoms with E-state index in [1.807, 2.05) is 25.1 Å². The normalized spacial score (nSPS) is 13.6. The summed E-state index contributed by atoms with van der Waals surface area (Å²) in [7, 11) is 0. The predicted molar refractivity (Wildman–Crippen MR) is 62.4 cm³/mol. The molecule has 0 amide bonds. The molecule has 1 unspecified atom stereocenters. The van der Waals surface area contributed by atoms with Crippen LogP contribution >= 0.6 is 0 Å². The van der Waals surface area contributed by atoms with Gasteiger partial charge in [0.2, 0.25) is 0 Å². The van der Waals surface area contributed by atoms with E-state index in [2.05, 4.69) is 5.16 Å². The van der Waals surface area contributed by atoms with Crippen LogP contribution in [0, 0.1) is 6.92 Å². The quantitative estimate of drug-likeness (QED) is 0.466. The molecule has 0 saturated heterocycles. The summed E-state index contributed by atoms with van der Waals surface area (Å²) in [5, 5.41) is 21.1. The van der Waals surface area contributed by atoms with Crippen molar-refractivity contribution in [3.05, 3.63) is 29.3 Å². The molecule has 0 aliphatic heterocycles. The van der Waals surface area contributed by atoms with Crippen molar-refractivity contribution in [3.8, 4) is 5.75 Å². The zero-order valence-corrected chi connectivity index (χ0v) is 9.77. The lowest BCUT2D eigenvalue weighted by atomic mass is 10.1. The molecule has 1 atom stereocenters. The topological polar surface area (TPSA) is 62.1 Å². The van der Waals surface area contributed by atoms with Crippen LogP contribution in [0.5, 0.6) is 5.75 Å². The Kier molecular flexibility index (Phi) is 4.31. The molecule has 16 heavy (non-hydrogen) atoms. The minimum atomic E-state index is -0.527. The largest absolute Gasteiger partial charge is 0.490 e. The van der Waals surface area contributed by atoms with Crippen LogP contribution in [-0.2, 0) is 0 Å². The molecule has 0 aliphatic rings.